The summed E-state index contributed by atoms with van der Waals surface area (Å²) in [6.45, 7) is 1.11. The zero-order valence-electron chi connectivity index (χ0n) is 12.6. The van der Waals surface area contributed by atoms with E-state index in [9.17, 15) is 18.0 Å². The quantitative estimate of drug-likeness (QED) is 0.914. The number of alkyl halides is 3. The van der Waals surface area contributed by atoms with Crippen LogP contribution in [0.4, 0.5) is 19.1 Å². The van der Waals surface area contributed by atoms with Gasteiger partial charge in [-0.3, -0.25) is 4.79 Å². The monoisotopic (exact) mass is 341 g/mol. The highest BCUT2D eigenvalue weighted by Crippen LogP contribution is 2.39. The van der Waals surface area contributed by atoms with Gasteiger partial charge in [-0.05, 0) is 29.5 Å². The predicted molar refractivity (Wildman–Crippen MR) is 76.8 cm³/mol. The molecule has 0 bridgehead atoms. The summed E-state index contributed by atoms with van der Waals surface area (Å²) < 4.78 is 40.6. The van der Waals surface area contributed by atoms with Crippen LogP contribution in [0.25, 0.3) is 5.69 Å². The molecule has 0 amide bonds. The summed E-state index contributed by atoms with van der Waals surface area (Å²) in [4.78, 5) is 12.4. The SMILES string of the molecule is Cc1ccc(-n2nnnc2N2C[C@@H](C(F)(F)F)[C@H](C(=O)O)C2)cc1. The molecular formula is C14H14F3N5O2. The fourth-order valence-electron chi connectivity index (χ4n) is 2.78. The van der Waals surface area contributed by atoms with Crippen molar-refractivity contribution < 1.29 is 23.1 Å². The molecule has 1 fully saturated rings. The Morgan fingerprint density at radius 3 is 2.46 bits per heavy atom. The van der Waals surface area contributed by atoms with Crippen LogP contribution in [0, 0.1) is 18.8 Å². The molecule has 1 saturated heterocycles. The van der Waals surface area contributed by atoms with E-state index in [4.69, 9.17) is 5.11 Å². The molecule has 1 N–H and O–H groups in total. The molecule has 0 spiro atoms. The zero-order chi connectivity index (χ0) is 17.5. The molecule has 0 aliphatic carbocycles. The molecule has 128 valence electrons. The number of anilines is 1. The Kier molecular flexibility index (Phi) is 3.90. The van der Waals surface area contributed by atoms with Crippen molar-refractivity contribution in [3.05, 3.63) is 29.8 Å². The Hall–Kier alpha value is -2.65. The van der Waals surface area contributed by atoms with Gasteiger partial charge in [0.25, 0.3) is 0 Å². The third kappa shape index (κ3) is 2.91. The molecule has 0 saturated carbocycles. The summed E-state index contributed by atoms with van der Waals surface area (Å²) in [6, 6.07) is 7.12. The van der Waals surface area contributed by atoms with Crippen molar-refractivity contribution in [2.75, 3.05) is 18.0 Å². The van der Waals surface area contributed by atoms with E-state index in [1.165, 1.54) is 9.58 Å². The molecule has 1 aromatic heterocycles. The van der Waals surface area contributed by atoms with Crippen LogP contribution in [0.5, 0.6) is 0 Å². The lowest BCUT2D eigenvalue weighted by atomic mass is 9.96. The molecule has 0 unspecified atom stereocenters. The maximum atomic E-state index is 13.1. The summed E-state index contributed by atoms with van der Waals surface area (Å²) in [5, 5.41) is 20.2. The summed E-state index contributed by atoms with van der Waals surface area (Å²) in [6.07, 6.45) is -4.60. The maximum absolute atomic E-state index is 13.1. The minimum atomic E-state index is -4.60. The molecule has 0 radical (unpaired) electrons. The van der Waals surface area contributed by atoms with E-state index < -0.39 is 30.5 Å². The van der Waals surface area contributed by atoms with Crippen molar-refractivity contribution in [2.24, 2.45) is 11.8 Å². The standard InChI is InChI=1S/C14H14F3N5O2/c1-8-2-4-9(5-3-8)22-13(18-19-20-22)21-6-10(12(23)24)11(7-21)14(15,16)17/h2-5,10-11H,6-7H2,1H3,(H,23,24)/t10-,11-/m1/s1. The summed E-state index contributed by atoms with van der Waals surface area (Å²) in [5.41, 5.74) is 1.60. The van der Waals surface area contributed by atoms with Gasteiger partial charge in [-0.2, -0.15) is 17.9 Å². The number of aliphatic carboxylic acids is 1. The van der Waals surface area contributed by atoms with E-state index in [2.05, 4.69) is 15.5 Å². The minimum absolute atomic E-state index is 0.0943. The number of carboxylic acids is 1. The van der Waals surface area contributed by atoms with Crippen LogP contribution >= 0.6 is 0 Å². The molecule has 1 aliphatic rings. The van der Waals surface area contributed by atoms with Crippen molar-refractivity contribution in [1.29, 1.82) is 0 Å². The van der Waals surface area contributed by atoms with Gasteiger partial charge >= 0.3 is 12.1 Å². The average molecular weight is 341 g/mol. The second-order valence-electron chi connectivity index (χ2n) is 5.72. The molecule has 24 heavy (non-hydrogen) atoms. The fraction of sp³-hybridized carbons (Fsp3) is 0.429. The lowest BCUT2D eigenvalue weighted by Gasteiger charge is -2.18. The van der Waals surface area contributed by atoms with Gasteiger partial charge in [0.2, 0.25) is 5.95 Å². The van der Waals surface area contributed by atoms with Crippen molar-refractivity contribution in [3.8, 4) is 5.69 Å². The first-order chi connectivity index (χ1) is 11.3. The molecule has 2 aromatic rings. The van der Waals surface area contributed by atoms with Crippen LogP contribution in [-0.2, 0) is 4.79 Å². The van der Waals surface area contributed by atoms with Crippen LogP contribution in [0.3, 0.4) is 0 Å². The fourth-order valence-corrected chi connectivity index (χ4v) is 2.78. The third-order valence-corrected chi connectivity index (χ3v) is 4.07. The number of carboxylic acid groups (broad SMARTS) is 1. The average Bonchev–Trinajstić information content (AvgIpc) is 3.14. The number of benzene rings is 1. The third-order valence-electron chi connectivity index (χ3n) is 4.07. The molecule has 1 aliphatic heterocycles. The number of tetrazole rings is 1. The van der Waals surface area contributed by atoms with E-state index in [1.807, 2.05) is 19.1 Å². The number of aryl methyl sites for hydroxylation is 1. The summed E-state index contributed by atoms with van der Waals surface area (Å²) in [7, 11) is 0. The summed E-state index contributed by atoms with van der Waals surface area (Å²) in [5.74, 6) is -4.89. The van der Waals surface area contributed by atoms with Gasteiger partial charge in [0, 0.05) is 13.1 Å². The highest BCUT2D eigenvalue weighted by molar-refractivity contribution is 5.72. The molecule has 2 atom stereocenters. The summed E-state index contributed by atoms with van der Waals surface area (Å²) >= 11 is 0. The smallest absolute Gasteiger partial charge is 0.394 e. The van der Waals surface area contributed by atoms with Crippen molar-refractivity contribution in [1.82, 2.24) is 20.2 Å². The van der Waals surface area contributed by atoms with Crippen molar-refractivity contribution >= 4 is 11.9 Å². The first-order valence-corrected chi connectivity index (χ1v) is 7.17. The van der Waals surface area contributed by atoms with Gasteiger partial charge < -0.3 is 10.0 Å². The molecule has 3 rings (SSSR count). The van der Waals surface area contributed by atoms with E-state index in [1.54, 1.807) is 12.1 Å². The van der Waals surface area contributed by atoms with Crippen LogP contribution in [0.2, 0.25) is 0 Å². The normalized spacial score (nSPS) is 21.2. The first-order valence-electron chi connectivity index (χ1n) is 7.17. The number of carbonyl (C=O) groups is 1. The van der Waals surface area contributed by atoms with Gasteiger partial charge in [-0.25, -0.2) is 0 Å². The molecular weight excluding hydrogens is 327 g/mol. The Bertz CT molecular complexity index is 744. The number of aromatic nitrogens is 4. The zero-order valence-corrected chi connectivity index (χ0v) is 12.6. The Morgan fingerprint density at radius 1 is 1.25 bits per heavy atom. The second-order valence-corrected chi connectivity index (χ2v) is 5.72. The van der Waals surface area contributed by atoms with Crippen LogP contribution in [0.15, 0.2) is 24.3 Å². The topological polar surface area (TPSA) is 84.1 Å². The van der Waals surface area contributed by atoms with Gasteiger partial charge in [0.1, 0.15) is 0 Å². The van der Waals surface area contributed by atoms with Crippen LogP contribution in [-0.4, -0.2) is 50.5 Å². The number of hydrogen-bond acceptors (Lipinski definition) is 5. The number of hydrogen-bond donors (Lipinski definition) is 1. The van der Waals surface area contributed by atoms with Gasteiger partial charge in [0.15, 0.2) is 0 Å². The van der Waals surface area contributed by atoms with Gasteiger partial charge in [-0.15, -0.1) is 0 Å². The van der Waals surface area contributed by atoms with Gasteiger partial charge in [-0.1, -0.05) is 22.8 Å². The van der Waals surface area contributed by atoms with Crippen LogP contribution < -0.4 is 4.90 Å². The van der Waals surface area contributed by atoms with E-state index in [0.717, 1.165) is 5.56 Å². The first kappa shape index (κ1) is 16.2. The second kappa shape index (κ2) is 5.77. The number of nitrogens with zero attached hydrogens (tertiary/aromatic N) is 5. The Labute approximate surface area is 134 Å². The minimum Gasteiger partial charge on any atom is -0.481 e. The largest absolute Gasteiger partial charge is 0.481 e. The highest BCUT2D eigenvalue weighted by Gasteiger charge is 2.53. The lowest BCUT2D eigenvalue weighted by Crippen LogP contribution is -2.33. The van der Waals surface area contributed by atoms with Crippen molar-refractivity contribution in [3.63, 3.8) is 0 Å². The lowest BCUT2D eigenvalue weighted by molar-refractivity contribution is -0.187. The molecule has 7 nitrogen and oxygen atoms in total. The maximum Gasteiger partial charge on any atom is 0.394 e. The number of halogens is 3. The van der Waals surface area contributed by atoms with Crippen molar-refractivity contribution in [2.45, 2.75) is 13.1 Å². The highest BCUT2D eigenvalue weighted by atomic mass is 19.4. The van der Waals surface area contributed by atoms with Crippen LogP contribution in [0.1, 0.15) is 5.56 Å². The molecule has 1 aromatic carbocycles. The number of rotatable bonds is 3. The Balaban J connectivity index is 1.92. The molecule has 2 heterocycles. The van der Waals surface area contributed by atoms with E-state index in [-0.39, 0.29) is 12.5 Å². The van der Waals surface area contributed by atoms with E-state index >= 15 is 0 Å². The Morgan fingerprint density at radius 2 is 1.92 bits per heavy atom. The predicted octanol–water partition coefficient (Wildman–Crippen LogP) is 1.67. The molecule has 10 heteroatoms. The van der Waals surface area contributed by atoms with Gasteiger partial charge in [0.05, 0.1) is 17.5 Å². The van der Waals surface area contributed by atoms with E-state index in [0.29, 0.717) is 5.69 Å².